The highest BCUT2D eigenvalue weighted by Gasteiger charge is 2.41. The Bertz CT molecular complexity index is 1950. The molecule has 1 saturated heterocycles. The fourth-order valence-corrected chi connectivity index (χ4v) is 6.59. The number of carboxylic acid groups (broad SMARTS) is 1. The molecule has 4 aromatic carbocycles. The first kappa shape index (κ1) is 34.1. The number of aromatic nitrogens is 2. The summed E-state index contributed by atoms with van der Waals surface area (Å²) in [6, 6.07) is 38.1. The van der Waals surface area contributed by atoms with Gasteiger partial charge in [0.1, 0.15) is 5.75 Å². The van der Waals surface area contributed by atoms with Crippen LogP contribution in [0.15, 0.2) is 128 Å². The van der Waals surface area contributed by atoms with Gasteiger partial charge in [-0.15, -0.1) is 0 Å². The molecule has 1 fully saturated rings. The van der Waals surface area contributed by atoms with Gasteiger partial charge in [-0.25, -0.2) is 4.79 Å². The third-order valence-corrected chi connectivity index (χ3v) is 9.22. The summed E-state index contributed by atoms with van der Waals surface area (Å²) in [5.74, 6) is 0.519. The van der Waals surface area contributed by atoms with E-state index >= 15 is 0 Å². The normalized spacial score (nSPS) is 17.5. The maximum absolute atomic E-state index is 12.4. The number of ether oxygens (including phenoxy) is 4. The lowest BCUT2D eigenvalue weighted by molar-refractivity contribution is -0.0937. The summed E-state index contributed by atoms with van der Waals surface area (Å²) in [6.07, 6.45) is 2.38. The second kappa shape index (κ2) is 16.6. The van der Waals surface area contributed by atoms with Gasteiger partial charge >= 0.3 is 6.09 Å². The number of amides is 1. The summed E-state index contributed by atoms with van der Waals surface area (Å²) < 4.78 is 25.0. The number of carbonyl (C=O) groups is 1. The van der Waals surface area contributed by atoms with Crippen molar-refractivity contribution < 1.29 is 28.8 Å². The average molecular weight is 684 g/mol. The molecular weight excluding hydrogens is 642 g/mol. The highest BCUT2D eigenvalue weighted by Crippen LogP contribution is 2.35. The summed E-state index contributed by atoms with van der Waals surface area (Å²) in [5.41, 5.74) is 5.84. The van der Waals surface area contributed by atoms with Crippen molar-refractivity contribution >= 4 is 27.9 Å². The van der Waals surface area contributed by atoms with Gasteiger partial charge in [0.2, 0.25) is 0 Å². The smallest absolute Gasteiger partial charge is 0.407 e. The van der Waals surface area contributed by atoms with E-state index in [1.807, 2.05) is 103 Å². The molecule has 3 heterocycles. The van der Waals surface area contributed by atoms with E-state index in [2.05, 4.69) is 22.1 Å². The van der Waals surface area contributed by atoms with Crippen molar-refractivity contribution in [3.05, 3.63) is 150 Å². The van der Waals surface area contributed by atoms with Gasteiger partial charge in [0.25, 0.3) is 0 Å². The number of hydrogen-bond donors (Lipinski definition) is 1. The van der Waals surface area contributed by atoms with Gasteiger partial charge in [-0.05, 0) is 58.7 Å². The Morgan fingerprint density at radius 3 is 1.86 bits per heavy atom. The Hall–Kier alpha value is -5.35. The van der Waals surface area contributed by atoms with Gasteiger partial charge < -0.3 is 29.0 Å². The van der Waals surface area contributed by atoms with Crippen LogP contribution in [0.25, 0.3) is 21.8 Å². The number of pyridine rings is 2. The molecule has 1 unspecified atom stereocenters. The third kappa shape index (κ3) is 8.88. The molecule has 260 valence electrons. The van der Waals surface area contributed by atoms with Crippen LogP contribution < -0.4 is 4.74 Å². The van der Waals surface area contributed by atoms with Crippen LogP contribution in [0.2, 0.25) is 0 Å². The average Bonchev–Trinajstić information content (AvgIpc) is 3.18. The van der Waals surface area contributed by atoms with Gasteiger partial charge in [-0.1, -0.05) is 78.9 Å². The molecule has 1 N–H and O–H groups in total. The minimum atomic E-state index is -1.00. The SMILES string of the molecule is O=C(O)N1C[C@H](OCc2ccc3cccnc3c2)C(c2ccc(OCCCOCc3ccccc3)cc2)[C@H](OCc2ccc3cccnc3c2)C1. The van der Waals surface area contributed by atoms with Crippen molar-refractivity contribution in [1.82, 2.24) is 14.9 Å². The van der Waals surface area contributed by atoms with Gasteiger partial charge in [0.15, 0.2) is 0 Å². The number of benzene rings is 4. The number of nitrogens with zero attached hydrogens (tertiary/aromatic N) is 3. The minimum Gasteiger partial charge on any atom is -0.494 e. The van der Waals surface area contributed by atoms with Crippen molar-refractivity contribution in [2.75, 3.05) is 26.3 Å². The molecule has 1 amide bonds. The van der Waals surface area contributed by atoms with Crippen molar-refractivity contribution in [2.45, 2.75) is 44.4 Å². The number of fused-ring (bicyclic) bond motifs is 2. The van der Waals surface area contributed by atoms with E-state index in [9.17, 15) is 9.90 Å². The lowest BCUT2D eigenvalue weighted by Crippen LogP contribution is -2.54. The molecule has 2 aromatic heterocycles. The highest BCUT2D eigenvalue weighted by atomic mass is 16.5. The van der Waals surface area contributed by atoms with E-state index in [1.165, 1.54) is 4.90 Å². The van der Waals surface area contributed by atoms with Crippen LogP contribution in [0.5, 0.6) is 5.75 Å². The van der Waals surface area contributed by atoms with Crippen LogP contribution in [0.4, 0.5) is 4.79 Å². The fourth-order valence-electron chi connectivity index (χ4n) is 6.59. The lowest BCUT2D eigenvalue weighted by Gasteiger charge is -2.42. The van der Waals surface area contributed by atoms with E-state index in [4.69, 9.17) is 18.9 Å². The molecule has 9 heteroatoms. The van der Waals surface area contributed by atoms with Crippen molar-refractivity contribution in [3.63, 3.8) is 0 Å². The zero-order valence-electron chi connectivity index (χ0n) is 28.3. The van der Waals surface area contributed by atoms with Crippen molar-refractivity contribution in [1.29, 1.82) is 0 Å². The molecule has 0 spiro atoms. The summed E-state index contributed by atoms with van der Waals surface area (Å²) in [4.78, 5) is 22.8. The Kier molecular flexibility index (Phi) is 11.1. The molecule has 1 aliphatic heterocycles. The number of piperidine rings is 1. The van der Waals surface area contributed by atoms with Crippen molar-refractivity contribution in [2.24, 2.45) is 0 Å². The van der Waals surface area contributed by atoms with Crippen LogP contribution in [0, 0.1) is 0 Å². The summed E-state index contributed by atoms with van der Waals surface area (Å²) >= 11 is 0. The van der Waals surface area contributed by atoms with Crippen LogP contribution in [-0.4, -0.2) is 64.6 Å². The molecule has 0 aliphatic carbocycles. The number of likely N-dealkylation sites (tertiary alicyclic amines) is 1. The largest absolute Gasteiger partial charge is 0.494 e. The second-order valence-electron chi connectivity index (χ2n) is 12.8. The summed E-state index contributed by atoms with van der Waals surface area (Å²) in [5, 5.41) is 12.2. The standard InChI is InChI=1S/C42H41N3O6/c46-42(47)45-25-39(50-28-31-11-13-33-9-4-19-43-37(33)23-31)41(40(26-45)51-29-32-12-14-34-10-5-20-44-38(34)24-32)35-15-17-36(18-16-35)49-22-6-21-48-27-30-7-2-1-3-8-30/h1-5,7-20,23-24,39-41H,6,21-22,25-29H2,(H,46,47)/t39-,40+,41?. The molecule has 51 heavy (non-hydrogen) atoms. The van der Waals surface area contributed by atoms with Crippen molar-refractivity contribution in [3.8, 4) is 5.75 Å². The number of rotatable bonds is 14. The summed E-state index contributed by atoms with van der Waals surface area (Å²) in [7, 11) is 0. The molecule has 0 radical (unpaired) electrons. The van der Waals surface area contributed by atoms with E-state index in [1.54, 1.807) is 12.4 Å². The topological polar surface area (TPSA) is 103 Å². The first-order valence-corrected chi connectivity index (χ1v) is 17.3. The summed E-state index contributed by atoms with van der Waals surface area (Å²) in [6.45, 7) is 2.75. The van der Waals surface area contributed by atoms with Gasteiger partial charge in [-0.3, -0.25) is 9.97 Å². The monoisotopic (exact) mass is 683 g/mol. The zero-order chi connectivity index (χ0) is 34.8. The fraction of sp³-hybridized carbons (Fsp3) is 0.262. The number of hydrogen-bond acceptors (Lipinski definition) is 7. The molecule has 7 rings (SSSR count). The predicted molar refractivity (Wildman–Crippen MR) is 196 cm³/mol. The first-order chi connectivity index (χ1) is 25.1. The molecule has 0 saturated carbocycles. The maximum atomic E-state index is 12.4. The van der Waals surface area contributed by atoms with E-state index in [-0.39, 0.29) is 19.0 Å². The Morgan fingerprint density at radius 2 is 1.27 bits per heavy atom. The zero-order valence-corrected chi connectivity index (χ0v) is 28.3. The Labute approximate surface area is 297 Å². The quantitative estimate of drug-likeness (QED) is 0.115. The predicted octanol–water partition coefficient (Wildman–Crippen LogP) is 8.02. The van der Waals surface area contributed by atoms with Gasteiger partial charge in [0, 0.05) is 35.5 Å². The lowest BCUT2D eigenvalue weighted by atomic mass is 9.84. The molecular formula is C42H41N3O6. The van der Waals surface area contributed by atoms with Crippen LogP contribution in [0.1, 0.15) is 34.6 Å². The van der Waals surface area contributed by atoms with Gasteiger partial charge in [0.05, 0.1) is 69.4 Å². The second-order valence-corrected chi connectivity index (χ2v) is 12.8. The Morgan fingerprint density at radius 1 is 0.667 bits per heavy atom. The minimum absolute atomic E-state index is 0.215. The third-order valence-electron chi connectivity index (χ3n) is 9.22. The molecule has 9 nitrogen and oxygen atoms in total. The molecule has 1 aliphatic rings. The van der Waals surface area contributed by atoms with Crippen LogP contribution in [-0.2, 0) is 34.0 Å². The van der Waals surface area contributed by atoms with E-state index in [0.717, 1.165) is 56.2 Å². The highest BCUT2D eigenvalue weighted by molar-refractivity contribution is 5.79. The Balaban J connectivity index is 1.06. The maximum Gasteiger partial charge on any atom is 0.407 e. The van der Waals surface area contributed by atoms with Crippen LogP contribution in [0.3, 0.4) is 0 Å². The van der Waals surface area contributed by atoms with E-state index in [0.29, 0.717) is 33.0 Å². The molecule has 3 atom stereocenters. The molecule has 6 aromatic rings. The van der Waals surface area contributed by atoms with Crippen LogP contribution >= 0.6 is 0 Å². The molecule has 0 bridgehead atoms. The van der Waals surface area contributed by atoms with Gasteiger partial charge in [-0.2, -0.15) is 0 Å². The van der Waals surface area contributed by atoms with E-state index < -0.39 is 18.3 Å². The first-order valence-electron chi connectivity index (χ1n) is 17.3.